The van der Waals surface area contributed by atoms with Crippen molar-refractivity contribution in [1.29, 1.82) is 0 Å². The van der Waals surface area contributed by atoms with Crippen LogP contribution >= 0.6 is 0 Å². The molecule has 0 radical (unpaired) electrons. The molecule has 1 atom stereocenters. The van der Waals surface area contributed by atoms with Crippen LogP contribution in [0.3, 0.4) is 0 Å². The Labute approximate surface area is 100 Å². The maximum atomic E-state index is 11.3. The summed E-state index contributed by atoms with van der Waals surface area (Å²) in [7, 11) is 1.27. The Morgan fingerprint density at radius 3 is 2.31 bits per heavy atom. The van der Waals surface area contributed by atoms with Crippen molar-refractivity contribution in [2.45, 2.75) is 32.7 Å². The fourth-order valence-electron chi connectivity index (χ4n) is 1.68. The van der Waals surface area contributed by atoms with Gasteiger partial charge in [0.1, 0.15) is 9.84 Å². The number of nitrogens with zero attached hydrogens (tertiary/aromatic N) is 1. The normalized spacial score (nSPS) is 14.3. The van der Waals surface area contributed by atoms with Crippen molar-refractivity contribution in [3.63, 3.8) is 0 Å². The van der Waals surface area contributed by atoms with Gasteiger partial charge in [-0.3, -0.25) is 0 Å². The highest BCUT2D eigenvalue weighted by Gasteiger charge is 2.11. The second kappa shape index (κ2) is 8.03. The minimum absolute atomic E-state index is 0.257. The molecule has 0 amide bonds. The van der Waals surface area contributed by atoms with E-state index >= 15 is 0 Å². The van der Waals surface area contributed by atoms with Gasteiger partial charge in [-0.2, -0.15) is 0 Å². The zero-order chi connectivity index (χ0) is 12.6. The van der Waals surface area contributed by atoms with Gasteiger partial charge < -0.3 is 10.2 Å². The molecule has 4 nitrogen and oxygen atoms in total. The summed E-state index contributed by atoms with van der Waals surface area (Å²) in [4.78, 5) is 2.13. The number of likely N-dealkylation sites (N-methyl/N-ethyl adjacent to an activating group) is 2. The lowest BCUT2D eigenvalue weighted by atomic mass is 10.1. The van der Waals surface area contributed by atoms with Crippen LogP contribution < -0.4 is 5.32 Å². The second-order valence-corrected chi connectivity index (χ2v) is 6.87. The van der Waals surface area contributed by atoms with Crippen LogP contribution in [0.1, 0.15) is 26.7 Å². The van der Waals surface area contributed by atoms with Crippen molar-refractivity contribution >= 4 is 9.84 Å². The van der Waals surface area contributed by atoms with Crippen LogP contribution in [0.25, 0.3) is 0 Å². The van der Waals surface area contributed by atoms with Crippen molar-refractivity contribution in [3.8, 4) is 0 Å². The van der Waals surface area contributed by atoms with Gasteiger partial charge in [-0.05, 0) is 33.5 Å². The number of sulfone groups is 1. The summed E-state index contributed by atoms with van der Waals surface area (Å²) in [5, 5.41) is 3.38. The molecule has 0 aromatic carbocycles. The first-order valence-corrected chi connectivity index (χ1v) is 7.82. The van der Waals surface area contributed by atoms with Crippen LogP contribution in [0.15, 0.2) is 0 Å². The third-order valence-corrected chi connectivity index (χ3v) is 4.32. The highest BCUT2D eigenvalue weighted by molar-refractivity contribution is 7.91. The molecule has 0 rings (SSSR count). The van der Waals surface area contributed by atoms with E-state index in [0.29, 0.717) is 11.8 Å². The lowest BCUT2D eigenvalue weighted by Crippen LogP contribution is -2.38. The van der Waals surface area contributed by atoms with Crippen molar-refractivity contribution in [2.75, 3.05) is 38.7 Å². The molecule has 1 N–H and O–H groups in total. The van der Waals surface area contributed by atoms with Gasteiger partial charge in [0.25, 0.3) is 0 Å². The molecule has 1 unspecified atom stereocenters. The SMILES string of the molecule is CCNC(CCCS(=O)(=O)CC)CN(C)C. The summed E-state index contributed by atoms with van der Waals surface area (Å²) in [5.74, 6) is 0.575. The topological polar surface area (TPSA) is 49.4 Å². The molecule has 0 aliphatic rings. The molecule has 0 saturated heterocycles. The third-order valence-electron chi connectivity index (χ3n) is 2.53. The smallest absolute Gasteiger partial charge is 0.150 e. The number of rotatable bonds is 9. The summed E-state index contributed by atoms with van der Waals surface area (Å²) < 4.78 is 22.7. The zero-order valence-corrected chi connectivity index (χ0v) is 11.8. The molecule has 98 valence electrons. The Morgan fingerprint density at radius 2 is 1.88 bits per heavy atom. The maximum Gasteiger partial charge on any atom is 0.150 e. The van der Waals surface area contributed by atoms with Gasteiger partial charge in [0.15, 0.2) is 0 Å². The largest absolute Gasteiger partial charge is 0.313 e. The maximum absolute atomic E-state index is 11.3. The minimum Gasteiger partial charge on any atom is -0.313 e. The fraction of sp³-hybridized carbons (Fsp3) is 1.00. The zero-order valence-electron chi connectivity index (χ0n) is 11.0. The molecule has 0 saturated carbocycles. The van der Waals surface area contributed by atoms with Crippen LogP contribution in [0, 0.1) is 0 Å². The fourth-order valence-corrected chi connectivity index (χ4v) is 2.58. The number of nitrogens with one attached hydrogen (secondary N) is 1. The summed E-state index contributed by atoms with van der Waals surface area (Å²) in [5.41, 5.74) is 0. The van der Waals surface area contributed by atoms with E-state index in [9.17, 15) is 8.42 Å². The molecule has 0 heterocycles. The van der Waals surface area contributed by atoms with Crippen molar-refractivity contribution in [2.24, 2.45) is 0 Å². The second-order valence-electron chi connectivity index (χ2n) is 4.40. The molecule has 5 heteroatoms. The molecule has 0 fully saturated rings. The summed E-state index contributed by atoms with van der Waals surface area (Å²) in [6, 6.07) is 0.395. The van der Waals surface area contributed by atoms with E-state index in [1.165, 1.54) is 0 Å². The third kappa shape index (κ3) is 8.07. The summed E-state index contributed by atoms with van der Waals surface area (Å²) in [6.07, 6.45) is 1.67. The van der Waals surface area contributed by atoms with Crippen molar-refractivity contribution in [3.05, 3.63) is 0 Å². The molecule has 0 aliphatic heterocycles. The molecule has 0 aromatic heterocycles. The van der Waals surface area contributed by atoms with Gasteiger partial charge in [0.2, 0.25) is 0 Å². The predicted octanol–water partition coefficient (Wildman–Crippen LogP) is 0.741. The van der Waals surface area contributed by atoms with Gasteiger partial charge in [-0.25, -0.2) is 8.42 Å². The van der Waals surface area contributed by atoms with Crippen molar-refractivity contribution in [1.82, 2.24) is 10.2 Å². The highest BCUT2D eigenvalue weighted by Crippen LogP contribution is 2.02. The van der Waals surface area contributed by atoms with Crippen molar-refractivity contribution < 1.29 is 8.42 Å². The van der Waals surface area contributed by atoms with Crippen LogP contribution in [-0.4, -0.2) is 58.1 Å². The first-order chi connectivity index (χ1) is 7.41. The molecular formula is C11H26N2O2S. The van der Waals surface area contributed by atoms with E-state index in [-0.39, 0.29) is 5.75 Å². The average Bonchev–Trinajstić information content (AvgIpc) is 2.17. The first kappa shape index (κ1) is 15.9. The van der Waals surface area contributed by atoms with Gasteiger partial charge in [0, 0.05) is 18.3 Å². The quantitative estimate of drug-likeness (QED) is 0.656. The van der Waals surface area contributed by atoms with Crippen LogP contribution in [0.5, 0.6) is 0 Å². The van der Waals surface area contributed by atoms with E-state index in [0.717, 1.165) is 25.9 Å². The van der Waals surface area contributed by atoms with E-state index in [4.69, 9.17) is 0 Å². The lowest BCUT2D eigenvalue weighted by Gasteiger charge is -2.21. The van der Waals surface area contributed by atoms with E-state index in [2.05, 4.69) is 17.1 Å². The average molecular weight is 250 g/mol. The van der Waals surface area contributed by atoms with E-state index < -0.39 is 9.84 Å². The van der Waals surface area contributed by atoms with Gasteiger partial charge in [-0.1, -0.05) is 13.8 Å². The molecule has 0 bridgehead atoms. The monoisotopic (exact) mass is 250 g/mol. The Bertz CT molecular complexity index is 263. The Balaban J connectivity index is 3.93. The molecular weight excluding hydrogens is 224 g/mol. The first-order valence-electron chi connectivity index (χ1n) is 5.99. The Hall–Kier alpha value is -0.130. The van der Waals surface area contributed by atoms with Crippen LogP contribution in [-0.2, 0) is 9.84 Å². The van der Waals surface area contributed by atoms with E-state index in [1.54, 1.807) is 6.92 Å². The molecule has 16 heavy (non-hydrogen) atoms. The van der Waals surface area contributed by atoms with Gasteiger partial charge in [0.05, 0.1) is 5.75 Å². The lowest BCUT2D eigenvalue weighted by molar-refractivity contribution is 0.328. The van der Waals surface area contributed by atoms with E-state index in [1.807, 2.05) is 14.1 Å². The number of hydrogen-bond donors (Lipinski definition) is 1. The minimum atomic E-state index is -2.80. The summed E-state index contributed by atoms with van der Waals surface area (Å²) >= 11 is 0. The highest BCUT2D eigenvalue weighted by atomic mass is 32.2. The van der Waals surface area contributed by atoms with Gasteiger partial charge >= 0.3 is 0 Å². The Kier molecular flexibility index (Phi) is 7.97. The van der Waals surface area contributed by atoms with Crippen LogP contribution in [0.4, 0.5) is 0 Å². The molecule has 0 aliphatic carbocycles. The number of hydrogen-bond acceptors (Lipinski definition) is 4. The van der Waals surface area contributed by atoms with Gasteiger partial charge in [-0.15, -0.1) is 0 Å². The van der Waals surface area contributed by atoms with Crippen LogP contribution in [0.2, 0.25) is 0 Å². The molecule has 0 aromatic rings. The molecule has 0 spiro atoms. The predicted molar refractivity (Wildman–Crippen MR) is 69.6 cm³/mol. The summed E-state index contributed by atoms with van der Waals surface area (Å²) in [6.45, 7) is 5.67. The Morgan fingerprint density at radius 1 is 1.25 bits per heavy atom. The standard InChI is InChI=1S/C11H26N2O2S/c1-5-12-11(10-13(3)4)8-7-9-16(14,15)6-2/h11-12H,5-10H2,1-4H3.